The van der Waals surface area contributed by atoms with Crippen molar-refractivity contribution in [2.45, 2.75) is 72.5 Å². The van der Waals surface area contributed by atoms with Crippen molar-refractivity contribution in [3.05, 3.63) is 35.9 Å². The van der Waals surface area contributed by atoms with Crippen molar-refractivity contribution in [2.75, 3.05) is 0 Å². The van der Waals surface area contributed by atoms with Crippen molar-refractivity contribution in [3.63, 3.8) is 0 Å². The Hall–Kier alpha value is -0.860. The Bertz CT molecular complexity index is 303. The molecule has 0 radical (unpaired) electrons. The topological polar surface area (TPSA) is 18.5 Å². The molecule has 0 saturated heterocycles. The maximum absolute atomic E-state index is 5.09. The van der Waals surface area contributed by atoms with Gasteiger partial charge in [-0.2, -0.15) is 0 Å². The van der Waals surface area contributed by atoms with Crippen molar-refractivity contribution >= 4 is 0 Å². The van der Waals surface area contributed by atoms with Crippen LogP contribution < -0.4 is 0 Å². The van der Waals surface area contributed by atoms with Crippen molar-refractivity contribution in [1.82, 2.24) is 0 Å². The summed E-state index contributed by atoms with van der Waals surface area (Å²) in [5.41, 5.74) is 1.01. The smallest absolute Gasteiger partial charge is 0.0952 e. The summed E-state index contributed by atoms with van der Waals surface area (Å²) in [7, 11) is 0. The van der Waals surface area contributed by atoms with Crippen LogP contribution in [0.3, 0.4) is 0 Å². The van der Waals surface area contributed by atoms with Crippen molar-refractivity contribution in [3.8, 4) is 0 Å². The molecule has 0 saturated carbocycles. The highest BCUT2D eigenvalue weighted by Crippen LogP contribution is 2.14. The normalized spacial score (nSPS) is 11.7. The molecule has 2 nitrogen and oxygen atoms in total. The van der Waals surface area contributed by atoms with Gasteiger partial charge in [0.25, 0.3) is 0 Å². The number of hydrogen-bond donors (Lipinski definition) is 0. The van der Waals surface area contributed by atoms with E-state index in [1.807, 2.05) is 41.5 Å². The molecule has 0 unspecified atom stereocenters. The summed E-state index contributed by atoms with van der Waals surface area (Å²) >= 11 is 0. The minimum absolute atomic E-state index is 0.215. The van der Waals surface area contributed by atoms with Gasteiger partial charge in [-0.05, 0) is 53.5 Å². The van der Waals surface area contributed by atoms with Crippen LogP contribution in [0, 0.1) is 0 Å². The zero-order valence-corrected chi connectivity index (χ0v) is 13.6. The van der Waals surface area contributed by atoms with Crippen LogP contribution in [0.2, 0.25) is 0 Å². The quantitative estimate of drug-likeness (QED) is 0.555. The summed E-state index contributed by atoms with van der Waals surface area (Å²) in [6, 6.07) is 10.6. The SMILES string of the molecule is CC(C)(C)OOC(C)(C)C.CCCc1ccccc1. The molecular weight excluding hydrogens is 236 g/mol. The van der Waals surface area contributed by atoms with Gasteiger partial charge in [-0.3, -0.25) is 0 Å². The van der Waals surface area contributed by atoms with Crippen LogP contribution in [0.25, 0.3) is 0 Å². The summed E-state index contributed by atoms with van der Waals surface area (Å²) < 4.78 is 0. The van der Waals surface area contributed by atoms with Gasteiger partial charge in [0, 0.05) is 0 Å². The van der Waals surface area contributed by atoms with Gasteiger partial charge in [0.1, 0.15) is 0 Å². The predicted octanol–water partition coefficient (Wildman–Crippen LogP) is 5.17. The highest BCUT2D eigenvalue weighted by Gasteiger charge is 2.18. The Morgan fingerprint density at radius 2 is 1.21 bits per heavy atom. The molecule has 0 bridgehead atoms. The fraction of sp³-hybridized carbons (Fsp3) is 0.647. The van der Waals surface area contributed by atoms with E-state index >= 15 is 0 Å². The third-order valence-electron chi connectivity index (χ3n) is 1.92. The van der Waals surface area contributed by atoms with Crippen LogP contribution in [-0.2, 0) is 16.2 Å². The van der Waals surface area contributed by atoms with Crippen molar-refractivity contribution in [2.24, 2.45) is 0 Å². The van der Waals surface area contributed by atoms with Crippen molar-refractivity contribution in [1.29, 1.82) is 0 Å². The molecule has 19 heavy (non-hydrogen) atoms. The molecule has 0 aliphatic rings. The molecule has 0 heterocycles. The van der Waals surface area contributed by atoms with Crippen LogP contribution >= 0.6 is 0 Å². The average Bonchev–Trinajstić information content (AvgIpc) is 2.28. The van der Waals surface area contributed by atoms with E-state index in [4.69, 9.17) is 9.78 Å². The second-order valence-electron chi connectivity index (χ2n) is 6.63. The first-order valence-corrected chi connectivity index (χ1v) is 7.05. The molecule has 0 fully saturated rings. The van der Waals surface area contributed by atoms with Gasteiger partial charge >= 0.3 is 0 Å². The minimum atomic E-state index is -0.215. The Labute approximate surface area is 119 Å². The van der Waals surface area contributed by atoms with E-state index in [-0.39, 0.29) is 11.2 Å². The van der Waals surface area contributed by atoms with E-state index in [1.54, 1.807) is 0 Å². The molecule has 0 aliphatic carbocycles. The minimum Gasteiger partial charge on any atom is -0.230 e. The number of rotatable bonds is 3. The first kappa shape index (κ1) is 18.1. The molecule has 0 amide bonds. The van der Waals surface area contributed by atoms with E-state index in [0.717, 1.165) is 0 Å². The second kappa shape index (κ2) is 8.34. The Morgan fingerprint density at radius 1 is 0.789 bits per heavy atom. The fourth-order valence-corrected chi connectivity index (χ4v) is 1.18. The molecule has 1 aromatic carbocycles. The van der Waals surface area contributed by atoms with Crippen LogP contribution in [0.1, 0.15) is 60.5 Å². The molecule has 110 valence electrons. The van der Waals surface area contributed by atoms with Gasteiger partial charge in [-0.25, -0.2) is 9.78 Å². The largest absolute Gasteiger partial charge is 0.230 e. The summed E-state index contributed by atoms with van der Waals surface area (Å²) in [5.74, 6) is 0. The number of hydrogen-bond acceptors (Lipinski definition) is 2. The highest BCUT2D eigenvalue weighted by atomic mass is 17.2. The lowest BCUT2D eigenvalue weighted by atomic mass is 10.1. The standard InChI is InChI=1S/C9H12.C8H18O2/c1-2-6-9-7-4-3-5-8-9;1-7(2,3)9-10-8(4,5)6/h3-5,7-8H,2,6H2,1H3;1-6H3. The van der Waals surface area contributed by atoms with Crippen LogP contribution in [0.5, 0.6) is 0 Å². The van der Waals surface area contributed by atoms with E-state index in [1.165, 1.54) is 18.4 Å². The van der Waals surface area contributed by atoms with Gasteiger partial charge in [-0.15, -0.1) is 0 Å². The molecule has 0 aromatic heterocycles. The summed E-state index contributed by atoms with van der Waals surface area (Å²) in [6.45, 7) is 13.9. The van der Waals surface area contributed by atoms with Crippen LogP contribution in [-0.4, -0.2) is 11.2 Å². The number of aryl methyl sites for hydroxylation is 1. The Kier molecular flexibility index (Phi) is 7.96. The van der Waals surface area contributed by atoms with Gasteiger partial charge in [0.2, 0.25) is 0 Å². The van der Waals surface area contributed by atoms with Gasteiger partial charge < -0.3 is 0 Å². The Balaban J connectivity index is 0.000000342. The molecule has 2 heteroatoms. The number of benzene rings is 1. The second-order valence-corrected chi connectivity index (χ2v) is 6.63. The zero-order valence-electron chi connectivity index (χ0n) is 13.6. The lowest BCUT2D eigenvalue weighted by Crippen LogP contribution is -2.27. The lowest BCUT2D eigenvalue weighted by molar-refractivity contribution is -0.393. The van der Waals surface area contributed by atoms with Crippen LogP contribution in [0.4, 0.5) is 0 Å². The third kappa shape index (κ3) is 13.4. The summed E-state index contributed by atoms with van der Waals surface area (Å²) in [5, 5.41) is 0. The van der Waals surface area contributed by atoms with E-state index < -0.39 is 0 Å². The third-order valence-corrected chi connectivity index (χ3v) is 1.92. The highest BCUT2D eigenvalue weighted by molar-refractivity contribution is 5.14. The molecule has 1 rings (SSSR count). The first-order chi connectivity index (χ1) is 8.64. The van der Waals surface area contributed by atoms with Crippen LogP contribution in [0.15, 0.2) is 30.3 Å². The van der Waals surface area contributed by atoms with Gasteiger partial charge in [-0.1, -0.05) is 43.7 Å². The maximum Gasteiger partial charge on any atom is 0.0952 e. The molecule has 0 aliphatic heterocycles. The van der Waals surface area contributed by atoms with E-state index in [0.29, 0.717) is 0 Å². The lowest BCUT2D eigenvalue weighted by Gasteiger charge is -2.24. The first-order valence-electron chi connectivity index (χ1n) is 7.05. The van der Waals surface area contributed by atoms with Gasteiger partial charge in [0.15, 0.2) is 0 Å². The maximum atomic E-state index is 5.09. The summed E-state index contributed by atoms with van der Waals surface area (Å²) in [4.78, 5) is 10.2. The Morgan fingerprint density at radius 3 is 1.53 bits per heavy atom. The van der Waals surface area contributed by atoms with Crippen molar-refractivity contribution < 1.29 is 9.78 Å². The zero-order chi connectivity index (χ0) is 14.9. The van der Waals surface area contributed by atoms with Gasteiger partial charge in [0.05, 0.1) is 11.2 Å². The molecule has 0 spiro atoms. The summed E-state index contributed by atoms with van der Waals surface area (Å²) in [6.07, 6.45) is 2.45. The molecule has 0 N–H and O–H groups in total. The predicted molar refractivity (Wildman–Crippen MR) is 82.1 cm³/mol. The van der Waals surface area contributed by atoms with E-state index in [9.17, 15) is 0 Å². The molecule has 1 aromatic rings. The monoisotopic (exact) mass is 266 g/mol. The molecule has 0 atom stereocenters. The van der Waals surface area contributed by atoms with E-state index in [2.05, 4.69) is 37.3 Å². The molecular formula is C17H30O2. The fourth-order valence-electron chi connectivity index (χ4n) is 1.18. The average molecular weight is 266 g/mol.